The molecule has 1 saturated carbocycles. The normalized spacial score (nSPS) is 20.3. The smallest absolute Gasteiger partial charge is 0.165 e. The maximum atomic E-state index is 13.7. The van der Waals surface area contributed by atoms with Gasteiger partial charge in [0.1, 0.15) is 0 Å². The van der Waals surface area contributed by atoms with Crippen LogP contribution in [0.1, 0.15) is 30.0 Å². The predicted octanol–water partition coefficient (Wildman–Crippen LogP) is 3.04. The zero-order valence-electron chi connectivity index (χ0n) is 12.1. The van der Waals surface area contributed by atoms with Crippen LogP contribution in [0.2, 0.25) is 0 Å². The van der Waals surface area contributed by atoms with Gasteiger partial charge in [0.05, 0.1) is 0 Å². The Morgan fingerprint density at radius 1 is 1.24 bits per heavy atom. The third kappa shape index (κ3) is 3.81. The highest BCUT2D eigenvalue weighted by Crippen LogP contribution is 2.48. The zero-order chi connectivity index (χ0) is 13.4. The van der Waals surface area contributed by atoms with Gasteiger partial charge in [-0.2, -0.15) is 0 Å². The van der Waals surface area contributed by atoms with Crippen molar-refractivity contribution in [3.63, 3.8) is 0 Å². The molecular weight excluding hydrogens is 314 g/mol. The van der Waals surface area contributed by atoms with E-state index in [4.69, 9.17) is 0 Å². The van der Waals surface area contributed by atoms with Gasteiger partial charge in [-0.25, -0.2) is 4.39 Å². The molecule has 1 aliphatic heterocycles. The molecule has 120 valence electrons. The molecule has 0 radical (unpaired) electrons. The van der Waals surface area contributed by atoms with E-state index in [9.17, 15) is 9.50 Å². The number of rotatable bonds is 3. The fourth-order valence-electron chi connectivity index (χ4n) is 3.14. The summed E-state index contributed by atoms with van der Waals surface area (Å²) in [5.74, 6) is -0.0682. The summed E-state index contributed by atoms with van der Waals surface area (Å²) in [6, 6.07) is 3.32. The fourth-order valence-corrected chi connectivity index (χ4v) is 3.14. The minimum absolute atomic E-state index is 0. The van der Waals surface area contributed by atoms with E-state index in [2.05, 4.69) is 10.2 Å². The molecule has 1 heterocycles. The SMILES string of the molecule is Cc1ccc(F)c(O)c1[C@@H](C1CC1)N1CCNCC1.Cl.Cl. The first-order valence-corrected chi connectivity index (χ1v) is 7.11. The number of phenolic OH excluding ortho intramolecular Hbond substituents is 1. The molecule has 0 unspecified atom stereocenters. The monoisotopic (exact) mass is 336 g/mol. The molecule has 0 spiro atoms. The highest BCUT2D eigenvalue weighted by molar-refractivity contribution is 5.85. The number of hydrogen-bond donors (Lipinski definition) is 2. The summed E-state index contributed by atoms with van der Waals surface area (Å²) in [7, 11) is 0. The van der Waals surface area contributed by atoms with Gasteiger partial charge in [-0.1, -0.05) is 6.07 Å². The van der Waals surface area contributed by atoms with Crippen LogP contribution in [-0.2, 0) is 0 Å². The fraction of sp³-hybridized carbons (Fsp3) is 0.600. The van der Waals surface area contributed by atoms with E-state index in [1.54, 1.807) is 6.07 Å². The molecular formula is C15H23Cl2FN2O. The summed E-state index contributed by atoms with van der Waals surface area (Å²) >= 11 is 0. The molecule has 2 fully saturated rings. The lowest BCUT2D eigenvalue weighted by molar-refractivity contribution is 0.152. The van der Waals surface area contributed by atoms with Crippen LogP contribution in [0.15, 0.2) is 12.1 Å². The topological polar surface area (TPSA) is 35.5 Å². The first-order valence-electron chi connectivity index (χ1n) is 7.11. The van der Waals surface area contributed by atoms with Crippen molar-refractivity contribution in [2.45, 2.75) is 25.8 Å². The lowest BCUT2D eigenvalue weighted by Gasteiger charge is -2.36. The number of phenols is 1. The van der Waals surface area contributed by atoms with Gasteiger partial charge in [-0.3, -0.25) is 4.90 Å². The van der Waals surface area contributed by atoms with E-state index in [1.807, 2.05) is 6.92 Å². The molecule has 1 aromatic carbocycles. The molecule has 3 rings (SSSR count). The summed E-state index contributed by atoms with van der Waals surface area (Å²) in [4.78, 5) is 2.40. The van der Waals surface area contributed by atoms with Gasteiger partial charge in [0.15, 0.2) is 11.6 Å². The van der Waals surface area contributed by atoms with Crippen LogP contribution >= 0.6 is 24.8 Å². The Morgan fingerprint density at radius 2 is 1.86 bits per heavy atom. The van der Waals surface area contributed by atoms with Crippen molar-refractivity contribution in [1.29, 1.82) is 0 Å². The van der Waals surface area contributed by atoms with E-state index in [-0.39, 0.29) is 36.6 Å². The quantitative estimate of drug-likeness (QED) is 0.890. The molecule has 6 heteroatoms. The standard InChI is InChI=1S/C15H21FN2O.2ClH/c1-10-2-5-12(16)15(19)13(10)14(11-3-4-11)18-8-6-17-7-9-18;;/h2,5,11,14,17,19H,3-4,6-9H2,1H3;2*1H/t14-;;/m1../s1. The Morgan fingerprint density at radius 3 is 2.43 bits per heavy atom. The van der Waals surface area contributed by atoms with Crippen LogP contribution in [0, 0.1) is 18.7 Å². The van der Waals surface area contributed by atoms with Gasteiger partial charge in [-0.15, -0.1) is 24.8 Å². The summed E-state index contributed by atoms with van der Waals surface area (Å²) in [6.45, 7) is 5.84. The lowest BCUT2D eigenvalue weighted by Crippen LogP contribution is -2.45. The number of aromatic hydroxyl groups is 1. The summed E-state index contributed by atoms with van der Waals surface area (Å²) in [6.07, 6.45) is 2.37. The number of aryl methyl sites for hydroxylation is 1. The number of halogens is 3. The van der Waals surface area contributed by atoms with Crippen molar-refractivity contribution in [1.82, 2.24) is 10.2 Å². The molecule has 3 nitrogen and oxygen atoms in total. The van der Waals surface area contributed by atoms with Crippen molar-refractivity contribution in [3.05, 3.63) is 29.1 Å². The van der Waals surface area contributed by atoms with Gasteiger partial charge in [0.25, 0.3) is 0 Å². The van der Waals surface area contributed by atoms with E-state index in [0.717, 1.165) is 37.3 Å². The van der Waals surface area contributed by atoms with Crippen molar-refractivity contribution in [2.24, 2.45) is 5.92 Å². The van der Waals surface area contributed by atoms with E-state index in [1.165, 1.54) is 18.9 Å². The van der Waals surface area contributed by atoms with E-state index in [0.29, 0.717) is 5.92 Å². The van der Waals surface area contributed by atoms with Crippen molar-refractivity contribution in [2.75, 3.05) is 26.2 Å². The molecule has 0 bridgehead atoms. The first kappa shape index (κ1) is 18.5. The highest BCUT2D eigenvalue weighted by atomic mass is 35.5. The van der Waals surface area contributed by atoms with Crippen molar-refractivity contribution in [3.8, 4) is 5.75 Å². The minimum atomic E-state index is -0.499. The average molecular weight is 337 g/mol. The first-order chi connectivity index (χ1) is 9.18. The highest BCUT2D eigenvalue weighted by Gasteiger charge is 2.39. The molecule has 1 saturated heterocycles. The van der Waals surface area contributed by atoms with Crippen LogP contribution in [0.5, 0.6) is 5.75 Å². The number of piperazine rings is 1. The van der Waals surface area contributed by atoms with E-state index < -0.39 is 5.82 Å². The molecule has 21 heavy (non-hydrogen) atoms. The summed E-state index contributed by atoms with van der Waals surface area (Å²) in [5.41, 5.74) is 1.80. The van der Waals surface area contributed by atoms with Crippen LogP contribution in [0.3, 0.4) is 0 Å². The Labute approximate surface area is 137 Å². The Hall–Kier alpha value is -0.550. The second-order valence-electron chi connectivity index (χ2n) is 5.69. The van der Waals surface area contributed by atoms with Crippen LogP contribution < -0.4 is 5.32 Å². The number of nitrogens with zero attached hydrogens (tertiary/aromatic N) is 1. The summed E-state index contributed by atoms with van der Waals surface area (Å²) in [5, 5.41) is 13.5. The Kier molecular flexibility index (Phi) is 6.72. The molecule has 2 N–H and O–H groups in total. The molecule has 0 amide bonds. The third-order valence-corrected chi connectivity index (χ3v) is 4.30. The minimum Gasteiger partial charge on any atom is -0.505 e. The molecule has 1 atom stereocenters. The Balaban J connectivity index is 0.00000110. The van der Waals surface area contributed by atoms with Crippen molar-refractivity contribution >= 4 is 24.8 Å². The van der Waals surface area contributed by atoms with Crippen LogP contribution in [0.4, 0.5) is 4.39 Å². The second kappa shape index (κ2) is 7.63. The maximum Gasteiger partial charge on any atom is 0.165 e. The molecule has 2 aliphatic rings. The van der Waals surface area contributed by atoms with Gasteiger partial charge >= 0.3 is 0 Å². The second-order valence-corrected chi connectivity index (χ2v) is 5.69. The lowest BCUT2D eigenvalue weighted by atomic mass is 9.94. The van der Waals surface area contributed by atoms with Crippen molar-refractivity contribution < 1.29 is 9.50 Å². The molecule has 0 aromatic heterocycles. The molecule has 1 aromatic rings. The molecule has 1 aliphatic carbocycles. The van der Waals surface area contributed by atoms with E-state index >= 15 is 0 Å². The number of hydrogen-bond acceptors (Lipinski definition) is 3. The van der Waals surface area contributed by atoms with Gasteiger partial charge < -0.3 is 10.4 Å². The van der Waals surface area contributed by atoms with Crippen LogP contribution in [0.25, 0.3) is 0 Å². The predicted molar refractivity (Wildman–Crippen MR) is 87.2 cm³/mol. The Bertz CT molecular complexity index is 477. The average Bonchev–Trinajstić information content (AvgIpc) is 3.24. The zero-order valence-corrected chi connectivity index (χ0v) is 13.8. The number of nitrogens with one attached hydrogen (secondary N) is 1. The van der Waals surface area contributed by atoms with Gasteiger partial charge in [0, 0.05) is 37.8 Å². The van der Waals surface area contributed by atoms with Gasteiger partial charge in [-0.05, 0) is 37.3 Å². The maximum absolute atomic E-state index is 13.7. The third-order valence-electron chi connectivity index (χ3n) is 4.30. The largest absolute Gasteiger partial charge is 0.505 e. The number of benzene rings is 1. The van der Waals surface area contributed by atoms with Gasteiger partial charge in [0.2, 0.25) is 0 Å². The van der Waals surface area contributed by atoms with Crippen LogP contribution in [-0.4, -0.2) is 36.2 Å². The summed E-state index contributed by atoms with van der Waals surface area (Å²) < 4.78 is 13.7.